The number of hydrogen-bond donors (Lipinski definition) is 1. The molecule has 1 aromatic heterocycles. The quantitative estimate of drug-likeness (QED) is 0.807. The zero-order valence-electron chi connectivity index (χ0n) is 12.8. The highest BCUT2D eigenvalue weighted by Crippen LogP contribution is 2.26. The van der Waals surface area contributed by atoms with Crippen molar-refractivity contribution in [1.82, 2.24) is 9.47 Å². The summed E-state index contributed by atoms with van der Waals surface area (Å²) in [6.07, 6.45) is 2.14. The number of aryl methyl sites for hydroxylation is 2. The number of nitrogens with one attached hydrogen (secondary N) is 1. The predicted molar refractivity (Wildman–Crippen MR) is 91.7 cm³/mol. The van der Waals surface area contributed by atoms with Crippen molar-refractivity contribution in [2.75, 3.05) is 11.9 Å². The van der Waals surface area contributed by atoms with Gasteiger partial charge in [-0.15, -0.1) is 0 Å². The third kappa shape index (κ3) is 2.81. The molecule has 21 heavy (non-hydrogen) atoms. The molecule has 0 saturated carbocycles. The van der Waals surface area contributed by atoms with E-state index in [4.69, 9.17) is 12.2 Å². The van der Waals surface area contributed by atoms with E-state index in [1.807, 2.05) is 0 Å². The van der Waals surface area contributed by atoms with Crippen LogP contribution in [-0.2, 0) is 6.54 Å². The lowest BCUT2D eigenvalue weighted by molar-refractivity contribution is 0.276. The third-order valence-electron chi connectivity index (χ3n) is 4.08. The van der Waals surface area contributed by atoms with E-state index in [0.29, 0.717) is 6.04 Å². The summed E-state index contributed by atoms with van der Waals surface area (Å²) in [4.78, 5) is 2.27. The van der Waals surface area contributed by atoms with Gasteiger partial charge in [0.15, 0.2) is 5.11 Å². The van der Waals surface area contributed by atoms with Crippen LogP contribution in [0.3, 0.4) is 0 Å². The van der Waals surface area contributed by atoms with Gasteiger partial charge in [0.1, 0.15) is 0 Å². The Hall–Kier alpha value is -1.81. The Morgan fingerprint density at radius 1 is 1.19 bits per heavy atom. The van der Waals surface area contributed by atoms with Crippen molar-refractivity contribution >= 4 is 23.0 Å². The van der Waals surface area contributed by atoms with Crippen LogP contribution in [0.4, 0.5) is 5.69 Å². The Balaban J connectivity index is 1.77. The van der Waals surface area contributed by atoms with Gasteiger partial charge >= 0.3 is 0 Å². The molecule has 1 unspecified atom stereocenters. The van der Waals surface area contributed by atoms with Gasteiger partial charge in [0.25, 0.3) is 0 Å². The minimum atomic E-state index is 0.305. The van der Waals surface area contributed by atoms with E-state index >= 15 is 0 Å². The fourth-order valence-electron chi connectivity index (χ4n) is 3.10. The van der Waals surface area contributed by atoms with Crippen LogP contribution in [0, 0.1) is 13.8 Å². The van der Waals surface area contributed by atoms with Crippen molar-refractivity contribution in [2.24, 2.45) is 0 Å². The van der Waals surface area contributed by atoms with Crippen LogP contribution in [0.15, 0.2) is 36.5 Å². The van der Waals surface area contributed by atoms with Crippen LogP contribution in [0.1, 0.15) is 29.8 Å². The number of rotatable bonds is 1. The van der Waals surface area contributed by atoms with E-state index in [-0.39, 0.29) is 0 Å². The van der Waals surface area contributed by atoms with Gasteiger partial charge in [0.2, 0.25) is 0 Å². The summed E-state index contributed by atoms with van der Waals surface area (Å²) >= 11 is 5.63. The first-order chi connectivity index (χ1) is 10.0. The Morgan fingerprint density at radius 2 is 1.90 bits per heavy atom. The Kier molecular flexibility index (Phi) is 3.72. The SMILES string of the molecule is Cc1cc(C)cc(NC(=S)N2CCn3cccc3C2C)c1. The molecule has 2 heterocycles. The molecule has 2 aromatic rings. The molecule has 1 N–H and O–H groups in total. The molecule has 1 aromatic carbocycles. The Morgan fingerprint density at radius 3 is 2.62 bits per heavy atom. The average molecular weight is 299 g/mol. The van der Waals surface area contributed by atoms with Crippen molar-refractivity contribution in [3.8, 4) is 0 Å². The maximum atomic E-state index is 5.63. The molecule has 1 atom stereocenters. The lowest BCUT2D eigenvalue weighted by Crippen LogP contribution is -2.42. The van der Waals surface area contributed by atoms with Crippen LogP contribution in [0.2, 0.25) is 0 Å². The third-order valence-corrected chi connectivity index (χ3v) is 4.41. The number of anilines is 1. The molecular weight excluding hydrogens is 278 g/mol. The monoisotopic (exact) mass is 299 g/mol. The summed E-state index contributed by atoms with van der Waals surface area (Å²) in [6, 6.07) is 11.0. The van der Waals surface area contributed by atoms with Crippen molar-refractivity contribution < 1.29 is 0 Å². The van der Waals surface area contributed by atoms with Crippen molar-refractivity contribution in [2.45, 2.75) is 33.4 Å². The fourth-order valence-corrected chi connectivity index (χ4v) is 3.47. The smallest absolute Gasteiger partial charge is 0.174 e. The molecule has 4 heteroatoms. The van der Waals surface area contributed by atoms with Crippen molar-refractivity contribution in [1.29, 1.82) is 0 Å². The summed E-state index contributed by atoms with van der Waals surface area (Å²) in [5, 5.41) is 4.20. The summed E-state index contributed by atoms with van der Waals surface area (Å²) in [7, 11) is 0. The lowest BCUT2D eigenvalue weighted by Gasteiger charge is -2.36. The van der Waals surface area contributed by atoms with Gasteiger partial charge < -0.3 is 14.8 Å². The van der Waals surface area contributed by atoms with Crippen LogP contribution in [-0.4, -0.2) is 21.1 Å². The molecule has 110 valence electrons. The molecule has 0 aliphatic carbocycles. The van der Waals surface area contributed by atoms with Crippen LogP contribution in [0.25, 0.3) is 0 Å². The van der Waals surface area contributed by atoms with Gasteiger partial charge in [0, 0.05) is 30.7 Å². The van der Waals surface area contributed by atoms with Crippen LogP contribution in [0.5, 0.6) is 0 Å². The largest absolute Gasteiger partial charge is 0.348 e. The van der Waals surface area contributed by atoms with E-state index in [1.165, 1.54) is 16.8 Å². The van der Waals surface area contributed by atoms with E-state index in [0.717, 1.165) is 23.9 Å². The van der Waals surface area contributed by atoms with Gasteiger partial charge in [0.05, 0.1) is 6.04 Å². The topological polar surface area (TPSA) is 20.2 Å². The predicted octanol–water partition coefficient (Wildman–Crippen LogP) is 3.88. The fraction of sp³-hybridized carbons (Fsp3) is 0.353. The molecule has 0 spiro atoms. The molecule has 3 rings (SSSR count). The number of fused-ring (bicyclic) bond motifs is 1. The van der Waals surface area contributed by atoms with Gasteiger partial charge in [-0.05, 0) is 68.4 Å². The minimum Gasteiger partial charge on any atom is -0.348 e. The van der Waals surface area contributed by atoms with Crippen LogP contribution < -0.4 is 5.32 Å². The highest BCUT2D eigenvalue weighted by atomic mass is 32.1. The summed E-state index contributed by atoms with van der Waals surface area (Å²) in [5.41, 5.74) is 4.90. The first-order valence-corrected chi connectivity index (χ1v) is 7.76. The zero-order chi connectivity index (χ0) is 15.0. The minimum absolute atomic E-state index is 0.305. The van der Waals surface area contributed by atoms with Gasteiger partial charge in [-0.1, -0.05) is 6.07 Å². The summed E-state index contributed by atoms with van der Waals surface area (Å²) in [5.74, 6) is 0. The van der Waals surface area contributed by atoms with Crippen LogP contribution >= 0.6 is 12.2 Å². The highest BCUT2D eigenvalue weighted by molar-refractivity contribution is 7.80. The molecule has 0 fully saturated rings. The number of benzene rings is 1. The lowest BCUT2D eigenvalue weighted by atomic mass is 10.1. The van der Waals surface area contributed by atoms with Gasteiger partial charge in [-0.2, -0.15) is 0 Å². The number of hydrogen-bond acceptors (Lipinski definition) is 1. The first kappa shape index (κ1) is 14.1. The number of aromatic nitrogens is 1. The normalized spacial score (nSPS) is 17.5. The second-order valence-electron chi connectivity index (χ2n) is 5.80. The molecule has 1 aliphatic rings. The maximum absolute atomic E-state index is 5.63. The maximum Gasteiger partial charge on any atom is 0.174 e. The molecule has 0 radical (unpaired) electrons. The highest BCUT2D eigenvalue weighted by Gasteiger charge is 2.25. The second kappa shape index (κ2) is 5.53. The van der Waals surface area contributed by atoms with E-state index in [2.05, 4.69) is 72.1 Å². The zero-order valence-corrected chi connectivity index (χ0v) is 13.6. The van der Waals surface area contributed by atoms with Crippen molar-refractivity contribution in [3.63, 3.8) is 0 Å². The molecule has 0 bridgehead atoms. The Bertz CT molecular complexity index is 654. The Labute approximate surface area is 131 Å². The average Bonchev–Trinajstić information content (AvgIpc) is 2.86. The van der Waals surface area contributed by atoms with Gasteiger partial charge in [-0.25, -0.2) is 0 Å². The molecule has 3 nitrogen and oxygen atoms in total. The van der Waals surface area contributed by atoms with Gasteiger partial charge in [-0.3, -0.25) is 0 Å². The molecule has 0 amide bonds. The summed E-state index contributed by atoms with van der Waals surface area (Å²) < 4.78 is 2.31. The standard InChI is InChI=1S/C17H21N3S/c1-12-9-13(2)11-15(10-12)18-17(21)20-8-7-19-6-4-5-16(19)14(20)3/h4-6,9-11,14H,7-8H2,1-3H3,(H,18,21). The second-order valence-corrected chi connectivity index (χ2v) is 6.19. The molecule has 1 aliphatic heterocycles. The molecule has 0 saturated heterocycles. The number of nitrogens with zero attached hydrogens (tertiary/aromatic N) is 2. The first-order valence-electron chi connectivity index (χ1n) is 7.35. The van der Waals surface area contributed by atoms with E-state index in [9.17, 15) is 0 Å². The van der Waals surface area contributed by atoms with E-state index in [1.54, 1.807) is 0 Å². The number of thiocarbonyl (C=S) groups is 1. The summed E-state index contributed by atoms with van der Waals surface area (Å²) in [6.45, 7) is 8.36. The van der Waals surface area contributed by atoms with E-state index < -0.39 is 0 Å². The van der Waals surface area contributed by atoms with Crippen molar-refractivity contribution in [3.05, 3.63) is 53.3 Å². The molecular formula is C17H21N3S.